The highest BCUT2D eigenvalue weighted by Gasteiger charge is 2.15. The average molecular weight is 350 g/mol. The van der Waals surface area contributed by atoms with E-state index >= 15 is 0 Å². The zero-order valence-corrected chi connectivity index (χ0v) is 13.6. The van der Waals surface area contributed by atoms with Crippen molar-refractivity contribution in [2.24, 2.45) is 5.92 Å². The highest BCUT2D eigenvalue weighted by Crippen LogP contribution is 2.29. The Labute approximate surface area is 133 Å². The molecule has 1 aliphatic rings. The van der Waals surface area contributed by atoms with Crippen LogP contribution in [0.4, 0.5) is 5.69 Å². The molecule has 0 atom stereocenters. The Morgan fingerprint density at radius 2 is 2.10 bits per heavy atom. The molecule has 0 amide bonds. The number of nitrogens with two attached hydrogens (primary N) is 1. The van der Waals surface area contributed by atoms with E-state index in [4.69, 9.17) is 5.73 Å². The fourth-order valence-electron chi connectivity index (χ4n) is 3.07. The molecule has 0 spiro atoms. The van der Waals surface area contributed by atoms with Crippen LogP contribution in [-0.4, -0.2) is 20.2 Å². The lowest BCUT2D eigenvalue weighted by atomic mass is 10.0. The molecule has 0 unspecified atom stereocenters. The van der Waals surface area contributed by atoms with E-state index in [0.717, 1.165) is 34.7 Å². The van der Waals surface area contributed by atoms with Gasteiger partial charge in [0.25, 0.3) is 0 Å². The van der Waals surface area contributed by atoms with Crippen LogP contribution in [0.1, 0.15) is 38.5 Å². The zero-order chi connectivity index (χ0) is 14.7. The standard InChI is InChI=1S/C15H20BrN5/c16-13-8-7-12(10-14(13)17)15-18-19-20-21(15)9-3-6-11-4-1-2-5-11/h7-8,10-11H,1-6,9,17H2. The predicted octanol–water partition coefficient (Wildman–Crippen LogP) is 3.66. The summed E-state index contributed by atoms with van der Waals surface area (Å²) in [7, 11) is 0. The number of rotatable bonds is 5. The summed E-state index contributed by atoms with van der Waals surface area (Å²) in [5.41, 5.74) is 7.60. The summed E-state index contributed by atoms with van der Waals surface area (Å²) in [6, 6.07) is 5.82. The second-order valence-corrected chi connectivity index (χ2v) is 6.61. The lowest BCUT2D eigenvalue weighted by Gasteiger charge is -2.09. The molecule has 0 aliphatic heterocycles. The maximum absolute atomic E-state index is 5.93. The van der Waals surface area contributed by atoms with E-state index < -0.39 is 0 Å². The maximum atomic E-state index is 5.93. The molecular formula is C15H20BrN5. The summed E-state index contributed by atoms with van der Waals surface area (Å²) in [5, 5.41) is 12.1. The molecule has 1 saturated carbocycles. The number of halogens is 1. The van der Waals surface area contributed by atoms with Crippen LogP contribution in [-0.2, 0) is 6.54 Å². The van der Waals surface area contributed by atoms with Crippen LogP contribution in [0, 0.1) is 5.92 Å². The monoisotopic (exact) mass is 349 g/mol. The lowest BCUT2D eigenvalue weighted by Crippen LogP contribution is -2.05. The van der Waals surface area contributed by atoms with Gasteiger partial charge in [0.15, 0.2) is 5.82 Å². The Morgan fingerprint density at radius 1 is 1.29 bits per heavy atom. The summed E-state index contributed by atoms with van der Waals surface area (Å²) in [6.45, 7) is 0.870. The van der Waals surface area contributed by atoms with Crippen molar-refractivity contribution in [2.45, 2.75) is 45.1 Å². The van der Waals surface area contributed by atoms with Gasteiger partial charge in [0.2, 0.25) is 0 Å². The van der Waals surface area contributed by atoms with Crippen LogP contribution in [0.3, 0.4) is 0 Å². The molecule has 2 N–H and O–H groups in total. The summed E-state index contributed by atoms with van der Waals surface area (Å²) in [5.74, 6) is 1.70. The Kier molecular flexibility index (Phi) is 4.53. The van der Waals surface area contributed by atoms with Crippen LogP contribution in [0.25, 0.3) is 11.4 Å². The molecule has 21 heavy (non-hydrogen) atoms. The van der Waals surface area contributed by atoms with Gasteiger partial charge in [0.1, 0.15) is 0 Å². The fraction of sp³-hybridized carbons (Fsp3) is 0.533. The normalized spacial score (nSPS) is 15.7. The number of nitrogens with zero attached hydrogens (tertiary/aromatic N) is 4. The van der Waals surface area contributed by atoms with Gasteiger partial charge in [0, 0.05) is 22.3 Å². The molecule has 1 heterocycles. The largest absolute Gasteiger partial charge is 0.398 e. The van der Waals surface area contributed by atoms with Crippen LogP contribution in [0.5, 0.6) is 0 Å². The molecule has 1 aromatic heterocycles. The second kappa shape index (κ2) is 6.56. The number of benzene rings is 1. The van der Waals surface area contributed by atoms with Gasteiger partial charge in [-0.2, -0.15) is 0 Å². The Morgan fingerprint density at radius 3 is 2.86 bits per heavy atom. The molecule has 1 aromatic carbocycles. The summed E-state index contributed by atoms with van der Waals surface area (Å²) < 4.78 is 2.78. The quantitative estimate of drug-likeness (QED) is 0.836. The number of nitrogen functional groups attached to an aromatic ring is 1. The summed E-state index contributed by atoms with van der Waals surface area (Å²) >= 11 is 3.41. The van der Waals surface area contributed by atoms with Crippen LogP contribution >= 0.6 is 15.9 Å². The lowest BCUT2D eigenvalue weighted by molar-refractivity contribution is 0.444. The topological polar surface area (TPSA) is 69.6 Å². The van der Waals surface area contributed by atoms with Crippen LogP contribution in [0.15, 0.2) is 22.7 Å². The molecule has 1 aliphatic carbocycles. The highest BCUT2D eigenvalue weighted by molar-refractivity contribution is 9.10. The van der Waals surface area contributed by atoms with E-state index in [1.54, 1.807) is 0 Å². The van der Waals surface area contributed by atoms with Crippen molar-refractivity contribution in [1.29, 1.82) is 0 Å². The van der Waals surface area contributed by atoms with Crippen molar-refractivity contribution in [1.82, 2.24) is 20.2 Å². The van der Waals surface area contributed by atoms with E-state index in [9.17, 15) is 0 Å². The predicted molar refractivity (Wildman–Crippen MR) is 86.6 cm³/mol. The highest BCUT2D eigenvalue weighted by atomic mass is 79.9. The van der Waals surface area contributed by atoms with E-state index in [2.05, 4.69) is 31.5 Å². The van der Waals surface area contributed by atoms with Gasteiger partial charge in [-0.05, 0) is 63.3 Å². The van der Waals surface area contributed by atoms with E-state index in [1.165, 1.54) is 32.1 Å². The van der Waals surface area contributed by atoms with E-state index in [-0.39, 0.29) is 0 Å². The molecule has 0 saturated heterocycles. The molecule has 6 heteroatoms. The zero-order valence-electron chi connectivity index (χ0n) is 12.0. The third-order valence-electron chi connectivity index (χ3n) is 4.24. The molecule has 1 fully saturated rings. The minimum absolute atomic E-state index is 0.702. The van der Waals surface area contributed by atoms with Crippen molar-refractivity contribution < 1.29 is 0 Å². The van der Waals surface area contributed by atoms with Crippen LogP contribution in [0.2, 0.25) is 0 Å². The van der Waals surface area contributed by atoms with Crippen molar-refractivity contribution in [2.75, 3.05) is 5.73 Å². The number of anilines is 1. The Balaban J connectivity index is 1.66. The van der Waals surface area contributed by atoms with Gasteiger partial charge in [-0.25, -0.2) is 4.68 Å². The average Bonchev–Trinajstić information content (AvgIpc) is 3.13. The SMILES string of the molecule is Nc1cc(-c2nnnn2CCCC2CCCC2)ccc1Br. The Hall–Kier alpha value is -1.43. The number of hydrogen-bond donors (Lipinski definition) is 1. The molecule has 0 radical (unpaired) electrons. The minimum Gasteiger partial charge on any atom is -0.398 e. The maximum Gasteiger partial charge on any atom is 0.182 e. The van der Waals surface area contributed by atoms with Crippen molar-refractivity contribution in [3.63, 3.8) is 0 Å². The van der Waals surface area contributed by atoms with E-state index in [1.807, 2.05) is 22.9 Å². The van der Waals surface area contributed by atoms with Crippen molar-refractivity contribution in [3.8, 4) is 11.4 Å². The van der Waals surface area contributed by atoms with Gasteiger partial charge in [-0.15, -0.1) is 5.10 Å². The van der Waals surface area contributed by atoms with Gasteiger partial charge >= 0.3 is 0 Å². The van der Waals surface area contributed by atoms with Gasteiger partial charge in [0.05, 0.1) is 0 Å². The number of tetrazole rings is 1. The third kappa shape index (κ3) is 3.43. The molecule has 2 aromatic rings. The first kappa shape index (κ1) is 14.5. The minimum atomic E-state index is 0.702. The molecule has 112 valence electrons. The first-order chi connectivity index (χ1) is 10.2. The first-order valence-corrected chi connectivity index (χ1v) is 8.35. The fourth-order valence-corrected chi connectivity index (χ4v) is 3.32. The summed E-state index contributed by atoms with van der Waals surface area (Å²) in [4.78, 5) is 0. The van der Waals surface area contributed by atoms with Crippen LogP contribution < -0.4 is 5.73 Å². The Bertz CT molecular complexity index is 604. The molecular weight excluding hydrogens is 330 g/mol. The van der Waals surface area contributed by atoms with Gasteiger partial charge in [-0.3, -0.25) is 0 Å². The summed E-state index contributed by atoms with van der Waals surface area (Å²) in [6.07, 6.45) is 8.01. The number of aryl methyl sites for hydroxylation is 1. The molecule has 0 bridgehead atoms. The van der Waals surface area contributed by atoms with Gasteiger partial charge < -0.3 is 5.73 Å². The van der Waals surface area contributed by atoms with Crippen molar-refractivity contribution in [3.05, 3.63) is 22.7 Å². The number of hydrogen-bond acceptors (Lipinski definition) is 4. The second-order valence-electron chi connectivity index (χ2n) is 5.75. The molecule has 3 rings (SSSR count). The number of aromatic nitrogens is 4. The van der Waals surface area contributed by atoms with E-state index in [0.29, 0.717) is 5.69 Å². The van der Waals surface area contributed by atoms with Crippen molar-refractivity contribution >= 4 is 21.6 Å². The molecule has 5 nitrogen and oxygen atoms in total. The van der Waals surface area contributed by atoms with Gasteiger partial charge in [-0.1, -0.05) is 25.7 Å². The third-order valence-corrected chi connectivity index (χ3v) is 4.97. The first-order valence-electron chi connectivity index (χ1n) is 7.55. The smallest absolute Gasteiger partial charge is 0.182 e.